The minimum absolute atomic E-state index is 0.119. The summed E-state index contributed by atoms with van der Waals surface area (Å²) in [7, 11) is 0. The Hall–Kier alpha value is -1.16. The van der Waals surface area contributed by atoms with Gasteiger partial charge in [-0.2, -0.15) is 0 Å². The number of hydrogen-bond acceptors (Lipinski definition) is 2. The van der Waals surface area contributed by atoms with Crippen molar-refractivity contribution in [1.82, 2.24) is 0 Å². The van der Waals surface area contributed by atoms with Gasteiger partial charge in [-0.3, -0.25) is 9.59 Å². The molecule has 1 aromatic rings. The number of rotatable bonds is 6. The summed E-state index contributed by atoms with van der Waals surface area (Å²) in [5.74, 6) is 0.571. The van der Waals surface area contributed by atoms with E-state index in [0.717, 1.165) is 42.6 Å². The van der Waals surface area contributed by atoms with Crippen LogP contribution in [-0.4, -0.2) is 23.1 Å². The normalized spacial score (nSPS) is 15.0. The second-order valence-corrected chi connectivity index (χ2v) is 7.24. The highest BCUT2D eigenvalue weighted by molar-refractivity contribution is 9.10. The molecule has 0 aliphatic carbocycles. The molecule has 3 nitrogen and oxygen atoms in total. The molecule has 0 N–H and O–H groups in total. The summed E-state index contributed by atoms with van der Waals surface area (Å²) in [4.78, 5) is 26.4. The van der Waals surface area contributed by atoms with Crippen molar-refractivity contribution < 1.29 is 9.59 Å². The zero-order valence-corrected chi connectivity index (χ0v) is 15.1. The molecule has 0 spiro atoms. The van der Waals surface area contributed by atoms with Gasteiger partial charge in [0.25, 0.3) is 0 Å². The Morgan fingerprint density at radius 1 is 1.32 bits per heavy atom. The smallest absolute Gasteiger partial charge is 0.226 e. The van der Waals surface area contributed by atoms with Gasteiger partial charge in [0.15, 0.2) is 5.78 Å². The van der Waals surface area contributed by atoms with Crippen molar-refractivity contribution in [2.24, 2.45) is 5.92 Å². The van der Waals surface area contributed by atoms with Gasteiger partial charge in [0.2, 0.25) is 5.91 Å². The van der Waals surface area contributed by atoms with Crippen LogP contribution >= 0.6 is 15.9 Å². The van der Waals surface area contributed by atoms with Gasteiger partial charge in [-0.05, 0) is 42.5 Å². The standard InChI is InChI=1S/C18H24BrNO2/c1-4-5-6-16(21)20-10-9-13-11-14(7-8-15(13)20)18(22)17(19)12(2)3/h7-8,11-12,17H,4-6,9-10H2,1-3H3. The molecule has 1 aliphatic heterocycles. The largest absolute Gasteiger partial charge is 0.312 e. The number of amides is 1. The molecule has 0 bridgehead atoms. The number of halogens is 1. The second kappa shape index (κ2) is 7.40. The number of carbonyl (C=O) groups excluding carboxylic acids is 2. The SMILES string of the molecule is CCCCC(=O)N1CCc2cc(C(=O)C(Br)C(C)C)ccc21. The van der Waals surface area contributed by atoms with Gasteiger partial charge < -0.3 is 4.90 Å². The fraction of sp³-hybridized carbons (Fsp3) is 0.556. The van der Waals surface area contributed by atoms with Crippen LogP contribution in [0.15, 0.2) is 18.2 Å². The highest BCUT2D eigenvalue weighted by Gasteiger charge is 2.26. The van der Waals surface area contributed by atoms with Crippen molar-refractivity contribution in [3.8, 4) is 0 Å². The molecule has 1 atom stereocenters. The Bertz CT molecular complexity index is 568. The van der Waals surface area contributed by atoms with Crippen molar-refractivity contribution in [3.63, 3.8) is 0 Å². The summed E-state index contributed by atoms with van der Waals surface area (Å²) in [6.07, 6.45) is 3.40. The molecule has 1 amide bonds. The van der Waals surface area contributed by atoms with E-state index in [1.165, 1.54) is 0 Å². The number of hydrogen-bond donors (Lipinski definition) is 0. The molecule has 2 rings (SSSR count). The van der Waals surface area contributed by atoms with Crippen LogP contribution in [0.4, 0.5) is 5.69 Å². The quantitative estimate of drug-likeness (QED) is 0.554. The van der Waals surface area contributed by atoms with E-state index in [9.17, 15) is 9.59 Å². The summed E-state index contributed by atoms with van der Waals surface area (Å²) >= 11 is 3.47. The molecule has 0 radical (unpaired) electrons. The molecule has 120 valence electrons. The maximum absolute atomic E-state index is 12.4. The lowest BCUT2D eigenvalue weighted by Crippen LogP contribution is -2.28. The predicted molar refractivity (Wildman–Crippen MR) is 93.9 cm³/mol. The fourth-order valence-corrected chi connectivity index (χ4v) is 3.00. The Kier molecular flexibility index (Phi) is 5.79. The van der Waals surface area contributed by atoms with E-state index in [4.69, 9.17) is 0 Å². The molecular formula is C18H24BrNO2. The lowest BCUT2D eigenvalue weighted by Gasteiger charge is -2.18. The molecule has 1 unspecified atom stereocenters. The Morgan fingerprint density at radius 3 is 2.68 bits per heavy atom. The van der Waals surface area contributed by atoms with Crippen LogP contribution in [0.5, 0.6) is 0 Å². The van der Waals surface area contributed by atoms with Crippen LogP contribution in [0.25, 0.3) is 0 Å². The maximum atomic E-state index is 12.4. The molecule has 0 fully saturated rings. The second-order valence-electron chi connectivity index (χ2n) is 6.25. The van der Waals surface area contributed by atoms with E-state index >= 15 is 0 Å². The van der Waals surface area contributed by atoms with Crippen molar-refractivity contribution in [2.75, 3.05) is 11.4 Å². The average Bonchev–Trinajstić information content (AvgIpc) is 2.94. The van der Waals surface area contributed by atoms with Crippen molar-refractivity contribution in [1.29, 1.82) is 0 Å². The van der Waals surface area contributed by atoms with E-state index in [2.05, 4.69) is 22.9 Å². The zero-order valence-electron chi connectivity index (χ0n) is 13.6. The van der Waals surface area contributed by atoms with E-state index in [1.54, 1.807) is 0 Å². The molecule has 1 aromatic carbocycles. The number of unbranched alkanes of at least 4 members (excludes halogenated alkanes) is 1. The number of alkyl halides is 1. The summed E-state index contributed by atoms with van der Waals surface area (Å²) in [5, 5.41) is 0. The first-order valence-corrected chi connectivity index (χ1v) is 8.98. The Morgan fingerprint density at radius 2 is 2.05 bits per heavy atom. The van der Waals surface area contributed by atoms with Gasteiger partial charge in [0.05, 0.1) is 4.83 Å². The lowest BCUT2D eigenvalue weighted by molar-refractivity contribution is -0.118. The predicted octanol–water partition coefficient (Wildman–Crippen LogP) is 4.37. The van der Waals surface area contributed by atoms with Gasteiger partial charge in [0.1, 0.15) is 0 Å². The highest BCUT2D eigenvalue weighted by atomic mass is 79.9. The molecule has 0 saturated carbocycles. The van der Waals surface area contributed by atoms with Crippen LogP contribution in [0.3, 0.4) is 0 Å². The van der Waals surface area contributed by atoms with Gasteiger partial charge in [-0.25, -0.2) is 0 Å². The zero-order chi connectivity index (χ0) is 16.3. The Labute approximate surface area is 141 Å². The van der Waals surface area contributed by atoms with E-state index < -0.39 is 0 Å². The number of Topliss-reactive ketones (excluding diaryl/α,β-unsaturated/α-hetero) is 1. The minimum atomic E-state index is -0.158. The topological polar surface area (TPSA) is 37.4 Å². The molecule has 22 heavy (non-hydrogen) atoms. The number of ketones is 1. The van der Waals surface area contributed by atoms with Crippen molar-refractivity contribution >= 4 is 33.3 Å². The summed E-state index contributed by atoms with van der Waals surface area (Å²) in [6.45, 7) is 6.88. The number of fused-ring (bicyclic) bond motifs is 1. The summed E-state index contributed by atoms with van der Waals surface area (Å²) < 4.78 is 0. The van der Waals surface area contributed by atoms with Crippen LogP contribution in [0.1, 0.15) is 56.0 Å². The minimum Gasteiger partial charge on any atom is -0.312 e. The number of nitrogens with zero attached hydrogens (tertiary/aromatic N) is 1. The van der Waals surface area contributed by atoms with Crippen LogP contribution < -0.4 is 4.90 Å². The molecule has 4 heteroatoms. The lowest BCUT2D eigenvalue weighted by atomic mass is 9.98. The molecule has 0 saturated heterocycles. The first kappa shape index (κ1) is 17.2. The van der Waals surface area contributed by atoms with Gasteiger partial charge in [-0.1, -0.05) is 43.1 Å². The molecule has 1 heterocycles. The molecular weight excluding hydrogens is 342 g/mol. The van der Waals surface area contributed by atoms with Crippen LogP contribution in [0.2, 0.25) is 0 Å². The number of anilines is 1. The van der Waals surface area contributed by atoms with E-state index in [0.29, 0.717) is 6.42 Å². The third-order valence-electron chi connectivity index (χ3n) is 4.14. The monoisotopic (exact) mass is 365 g/mol. The number of carbonyl (C=O) groups is 2. The molecule has 1 aliphatic rings. The summed E-state index contributed by atoms with van der Waals surface area (Å²) in [5.41, 5.74) is 2.82. The van der Waals surface area contributed by atoms with Crippen molar-refractivity contribution in [2.45, 2.75) is 51.3 Å². The van der Waals surface area contributed by atoms with Gasteiger partial charge in [0, 0.05) is 24.2 Å². The maximum Gasteiger partial charge on any atom is 0.226 e. The van der Waals surface area contributed by atoms with Crippen LogP contribution in [0, 0.1) is 5.92 Å². The van der Waals surface area contributed by atoms with Crippen LogP contribution in [-0.2, 0) is 11.2 Å². The van der Waals surface area contributed by atoms with Gasteiger partial charge in [-0.15, -0.1) is 0 Å². The van der Waals surface area contributed by atoms with Gasteiger partial charge >= 0.3 is 0 Å². The third kappa shape index (κ3) is 3.60. The highest BCUT2D eigenvalue weighted by Crippen LogP contribution is 2.31. The summed E-state index contributed by atoms with van der Waals surface area (Å²) in [6, 6.07) is 5.74. The third-order valence-corrected chi connectivity index (χ3v) is 5.61. The number of benzene rings is 1. The first-order chi connectivity index (χ1) is 10.5. The van der Waals surface area contributed by atoms with E-state index in [1.807, 2.05) is 36.9 Å². The average molecular weight is 366 g/mol. The first-order valence-electron chi connectivity index (χ1n) is 8.07. The van der Waals surface area contributed by atoms with Crippen molar-refractivity contribution in [3.05, 3.63) is 29.3 Å². The van der Waals surface area contributed by atoms with E-state index in [-0.39, 0.29) is 22.4 Å². The Balaban J connectivity index is 2.17. The fourth-order valence-electron chi connectivity index (χ4n) is 2.74. The molecule has 0 aromatic heterocycles.